The molecule has 0 atom stereocenters. The number of carbonyl (C=O) groups excluding carboxylic acids is 2. The number of esters is 2. The van der Waals surface area contributed by atoms with Crippen LogP contribution in [0.25, 0.3) is 0 Å². The first-order chi connectivity index (χ1) is 4.34. The van der Waals surface area contributed by atoms with Crippen LogP contribution >= 0.6 is 0 Å². The molecule has 0 N–H and O–H groups in total. The molecule has 0 saturated carbocycles. The molecule has 3 nitrogen and oxygen atoms in total. The molecular weight excluding hydrogens is 180 g/mol. The Morgan fingerprint density at radius 2 is 1.64 bits per heavy atom. The second kappa shape index (κ2) is 4.36. The van der Waals surface area contributed by atoms with Crippen molar-refractivity contribution >= 4 is 29.3 Å². The average Bonchev–Trinajstić information content (AvgIpc) is 1.60. The molecule has 0 aromatic carbocycles. The van der Waals surface area contributed by atoms with Gasteiger partial charge in [-0.3, -0.25) is 4.79 Å². The summed E-state index contributed by atoms with van der Waals surface area (Å²) >= 11 is 0. The van der Waals surface area contributed by atoms with E-state index in [0.717, 1.165) is 0 Å². The van der Waals surface area contributed by atoms with Gasteiger partial charge >= 0.3 is 18.1 Å². The van der Waals surface area contributed by atoms with Gasteiger partial charge in [0.05, 0.1) is 0 Å². The number of hydrogen-bond donors (Lipinski definition) is 0. The molecule has 0 rings (SSSR count). The summed E-state index contributed by atoms with van der Waals surface area (Å²) in [6.07, 6.45) is -5.09. The van der Waals surface area contributed by atoms with Crippen LogP contribution in [0.15, 0.2) is 0 Å². The van der Waals surface area contributed by atoms with Gasteiger partial charge < -0.3 is 4.74 Å². The van der Waals surface area contributed by atoms with Crippen LogP contribution in [0.5, 0.6) is 0 Å². The number of halogens is 3. The van der Waals surface area contributed by atoms with Gasteiger partial charge in [-0.2, -0.15) is 13.2 Å². The van der Waals surface area contributed by atoms with E-state index in [-0.39, 0.29) is 17.4 Å². The first-order valence-corrected chi connectivity index (χ1v) is 2.13. The van der Waals surface area contributed by atoms with Crippen molar-refractivity contribution in [2.24, 2.45) is 0 Å². The molecule has 11 heavy (non-hydrogen) atoms. The summed E-state index contributed by atoms with van der Waals surface area (Å²) in [6.45, 7) is 0.712. The Morgan fingerprint density at radius 1 is 1.27 bits per heavy atom. The van der Waals surface area contributed by atoms with E-state index >= 15 is 0 Å². The minimum atomic E-state index is -5.09. The fourth-order valence-electron chi connectivity index (χ4n) is 0.188. The van der Waals surface area contributed by atoms with Gasteiger partial charge in [0.25, 0.3) is 0 Å². The first kappa shape index (κ1) is 13.1. The van der Waals surface area contributed by atoms with Gasteiger partial charge in [-0.1, -0.05) is 0 Å². The fourth-order valence-corrected chi connectivity index (χ4v) is 0.188. The van der Waals surface area contributed by atoms with Crippen LogP contribution in [0.1, 0.15) is 6.92 Å². The lowest BCUT2D eigenvalue weighted by Gasteiger charge is -2.01. The van der Waals surface area contributed by atoms with E-state index in [4.69, 9.17) is 0 Å². The SMILES string of the molecule is CC(=O)OC(=O)C(F)(F)F.[Al]. The Bertz CT molecular complexity index is 164. The lowest BCUT2D eigenvalue weighted by atomic mass is 10.6. The molecule has 0 aliphatic carbocycles. The number of ether oxygens (including phenoxy) is 1. The van der Waals surface area contributed by atoms with Crippen molar-refractivity contribution in [2.45, 2.75) is 13.1 Å². The highest BCUT2D eigenvalue weighted by Crippen LogP contribution is 2.16. The molecule has 0 aromatic rings. The molecule has 0 aromatic heterocycles. The van der Waals surface area contributed by atoms with Gasteiger partial charge in [0, 0.05) is 24.3 Å². The van der Waals surface area contributed by atoms with Crippen molar-refractivity contribution in [1.29, 1.82) is 0 Å². The minimum absolute atomic E-state index is 0. The zero-order valence-electron chi connectivity index (χ0n) is 5.44. The zero-order valence-corrected chi connectivity index (χ0v) is 6.59. The van der Waals surface area contributed by atoms with E-state index in [9.17, 15) is 22.8 Å². The predicted molar refractivity (Wildman–Crippen MR) is 28.6 cm³/mol. The minimum Gasteiger partial charge on any atom is -0.387 e. The molecule has 0 saturated heterocycles. The monoisotopic (exact) mass is 183 g/mol. The molecule has 0 unspecified atom stereocenters. The lowest BCUT2D eigenvalue weighted by molar-refractivity contribution is -0.201. The summed E-state index contributed by atoms with van der Waals surface area (Å²) in [5, 5.41) is 0. The second-order valence-electron chi connectivity index (χ2n) is 1.38. The van der Waals surface area contributed by atoms with Gasteiger partial charge in [-0.15, -0.1) is 0 Å². The highest BCUT2D eigenvalue weighted by atomic mass is 27.0. The number of carbonyl (C=O) groups is 2. The number of alkyl halides is 3. The standard InChI is InChI=1S/C4H3F3O3.Al/c1-2(8)10-3(9)4(5,6)7;/h1H3;. The van der Waals surface area contributed by atoms with Crippen LogP contribution in [-0.2, 0) is 14.3 Å². The Balaban J connectivity index is 0. The molecule has 0 heterocycles. The van der Waals surface area contributed by atoms with E-state index in [0.29, 0.717) is 6.92 Å². The van der Waals surface area contributed by atoms with Gasteiger partial charge in [-0.25, -0.2) is 4.79 Å². The lowest BCUT2D eigenvalue weighted by Crippen LogP contribution is -2.26. The molecule has 0 aliphatic heterocycles. The number of hydrogen-bond acceptors (Lipinski definition) is 3. The molecule has 0 aliphatic rings. The van der Waals surface area contributed by atoms with Crippen molar-refractivity contribution in [2.75, 3.05) is 0 Å². The van der Waals surface area contributed by atoms with Crippen molar-refractivity contribution in [3.63, 3.8) is 0 Å². The molecular formula is C4H3AlF3O3. The van der Waals surface area contributed by atoms with Gasteiger partial charge in [-0.05, 0) is 0 Å². The van der Waals surface area contributed by atoms with Crippen molar-refractivity contribution < 1.29 is 27.5 Å². The normalized spacial score (nSPS) is 9.82. The van der Waals surface area contributed by atoms with E-state index < -0.39 is 18.1 Å². The van der Waals surface area contributed by atoms with Crippen molar-refractivity contribution in [3.05, 3.63) is 0 Å². The highest BCUT2D eigenvalue weighted by molar-refractivity contribution is 5.87. The van der Waals surface area contributed by atoms with Crippen LogP contribution in [0.2, 0.25) is 0 Å². The highest BCUT2D eigenvalue weighted by Gasteiger charge is 2.41. The summed E-state index contributed by atoms with van der Waals surface area (Å²) in [4.78, 5) is 19.5. The Labute approximate surface area is 70.6 Å². The van der Waals surface area contributed by atoms with E-state index in [1.54, 1.807) is 0 Å². The molecule has 7 heteroatoms. The fraction of sp³-hybridized carbons (Fsp3) is 0.500. The third-order valence-corrected chi connectivity index (χ3v) is 0.468. The number of rotatable bonds is 0. The molecule has 0 amide bonds. The van der Waals surface area contributed by atoms with Crippen LogP contribution in [-0.4, -0.2) is 35.5 Å². The van der Waals surface area contributed by atoms with Crippen LogP contribution in [0.3, 0.4) is 0 Å². The molecule has 0 bridgehead atoms. The second-order valence-corrected chi connectivity index (χ2v) is 1.38. The Morgan fingerprint density at radius 3 is 1.73 bits per heavy atom. The van der Waals surface area contributed by atoms with E-state index in [1.165, 1.54) is 0 Å². The zero-order chi connectivity index (χ0) is 8.36. The molecule has 3 radical (unpaired) electrons. The maximum absolute atomic E-state index is 11.2. The van der Waals surface area contributed by atoms with Crippen molar-refractivity contribution in [1.82, 2.24) is 0 Å². The Hall–Kier alpha value is -0.538. The summed E-state index contributed by atoms with van der Waals surface area (Å²) in [6, 6.07) is 0. The Kier molecular flexibility index (Phi) is 5.19. The largest absolute Gasteiger partial charge is 0.491 e. The van der Waals surface area contributed by atoms with Crippen LogP contribution in [0.4, 0.5) is 13.2 Å². The predicted octanol–water partition coefficient (Wildman–Crippen LogP) is 0.258. The smallest absolute Gasteiger partial charge is 0.387 e. The van der Waals surface area contributed by atoms with Gasteiger partial charge in [0.2, 0.25) is 0 Å². The van der Waals surface area contributed by atoms with Crippen LogP contribution < -0.4 is 0 Å². The maximum atomic E-state index is 11.2. The van der Waals surface area contributed by atoms with Crippen molar-refractivity contribution in [3.8, 4) is 0 Å². The van der Waals surface area contributed by atoms with Gasteiger partial charge in [0.15, 0.2) is 0 Å². The maximum Gasteiger partial charge on any atom is 0.491 e. The summed E-state index contributed by atoms with van der Waals surface area (Å²) in [7, 11) is 0. The molecule has 0 spiro atoms. The summed E-state index contributed by atoms with van der Waals surface area (Å²) in [5.74, 6) is -3.76. The first-order valence-electron chi connectivity index (χ1n) is 2.13. The van der Waals surface area contributed by atoms with Gasteiger partial charge in [0.1, 0.15) is 0 Å². The summed E-state index contributed by atoms with van der Waals surface area (Å²) < 4.78 is 36.8. The third kappa shape index (κ3) is 5.89. The molecule has 0 fully saturated rings. The van der Waals surface area contributed by atoms with E-state index in [2.05, 4.69) is 4.74 Å². The quantitative estimate of drug-likeness (QED) is 0.307. The average molecular weight is 183 g/mol. The summed E-state index contributed by atoms with van der Waals surface area (Å²) in [5.41, 5.74) is 0. The molecule has 61 valence electrons. The van der Waals surface area contributed by atoms with Crippen LogP contribution in [0, 0.1) is 0 Å². The topological polar surface area (TPSA) is 43.4 Å². The third-order valence-electron chi connectivity index (χ3n) is 0.468. The van der Waals surface area contributed by atoms with E-state index in [1.807, 2.05) is 0 Å².